The molecule has 9 heteroatoms. The number of amides is 2. The van der Waals surface area contributed by atoms with E-state index in [1.807, 2.05) is 19.9 Å². The highest BCUT2D eigenvalue weighted by molar-refractivity contribution is 6.04. The first kappa shape index (κ1) is 24.0. The lowest BCUT2D eigenvalue weighted by Crippen LogP contribution is -2.19. The van der Waals surface area contributed by atoms with Crippen LogP contribution in [-0.2, 0) is 10.2 Å². The van der Waals surface area contributed by atoms with Crippen molar-refractivity contribution in [3.05, 3.63) is 78.0 Å². The molecule has 4 aromatic rings. The second-order valence-electron chi connectivity index (χ2n) is 9.33. The summed E-state index contributed by atoms with van der Waals surface area (Å²) in [4.78, 5) is 29.3. The van der Waals surface area contributed by atoms with E-state index in [1.165, 1.54) is 0 Å². The fourth-order valence-electron chi connectivity index (χ4n) is 3.87. The predicted octanol–water partition coefficient (Wildman–Crippen LogP) is 5.31. The molecular weight excluding hydrogens is 468 g/mol. The minimum Gasteiger partial charge on any atom is -0.438 e. The van der Waals surface area contributed by atoms with Crippen molar-refractivity contribution in [3.63, 3.8) is 0 Å². The van der Waals surface area contributed by atoms with Gasteiger partial charge in [0.1, 0.15) is 5.75 Å². The van der Waals surface area contributed by atoms with E-state index in [4.69, 9.17) is 4.74 Å². The molecule has 0 radical (unpaired) electrons. The number of rotatable bonds is 8. The molecular formula is C28H26N6O3. The van der Waals surface area contributed by atoms with Crippen molar-refractivity contribution in [2.75, 3.05) is 10.6 Å². The minimum atomic E-state index is -0.656. The van der Waals surface area contributed by atoms with Gasteiger partial charge in [0, 0.05) is 29.3 Å². The maximum atomic E-state index is 12.9. The number of hydrogen-bond donors (Lipinski definition) is 2. The molecule has 9 nitrogen and oxygen atoms in total. The number of nitrogens with zero attached hydrogens (tertiary/aromatic N) is 4. The number of carbonyl (C=O) groups excluding carboxylic acids is 2. The summed E-state index contributed by atoms with van der Waals surface area (Å²) in [6.45, 7) is 3.82. The van der Waals surface area contributed by atoms with Crippen LogP contribution in [0.2, 0.25) is 0 Å². The van der Waals surface area contributed by atoms with Crippen LogP contribution >= 0.6 is 0 Å². The first-order valence-corrected chi connectivity index (χ1v) is 12.2. The zero-order valence-electron chi connectivity index (χ0n) is 20.6. The number of anilines is 2. The molecule has 2 heterocycles. The fraction of sp³-hybridized carbons (Fsp3) is 0.250. The first-order chi connectivity index (χ1) is 17.9. The van der Waals surface area contributed by atoms with Gasteiger partial charge in [0.05, 0.1) is 17.7 Å². The Morgan fingerprint density at radius 3 is 2.70 bits per heavy atom. The highest BCUT2D eigenvalue weighted by Crippen LogP contribution is 2.30. The molecule has 0 aliphatic heterocycles. The summed E-state index contributed by atoms with van der Waals surface area (Å²) in [6.07, 6.45) is 4.12. The summed E-state index contributed by atoms with van der Waals surface area (Å²) in [5.41, 5.74) is 1.75. The Labute approximate surface area is 214 Å². The van der Waals surface area contributed by atoms with Crippen molar-refractivity contribution in [1.82, 2.24) is 14.6 Å². The fourth-order valence-corrected chi connectivity index (χ4v) is 3.87. The van der Waals surface area contributed by atoms with E-state index in [9.17, 15) is 14.9 Å². The van der Waals surface area contributed by atoms with Crippen LogP contribution in [0.3, 0.4) is 0 Å². The quantitative estimate of drug-likeness (QED) is 0.342. The summed E-state index contributed by atoms with van der Waals surface area (Å²) in [5, 5.41) is 19.7. The molecule has 1 aliphatic carbocycles. The number of carbonyl (C=O) groups is 2. The molecule has 2 aromatic heterocycles. The Morgan fingerprint density at radius 1 is 1.14 bits per heavy atom. The largest absolute Gasteiger partial charge is 0.438 e. The van der Waals surface area contributed by atoms with E-state index in [0.717, 1.165) is 18.4 Å². The highest BCUT2D eigenvalue weighted by atomic mass is 16.5. The number of hydrogen-bond acceptors (Lipinski definition) is 6. The zero-order chi connectivity index (χ0) is 26.0. The molecule has 1 fully saturated rings. The molecule has 1 saturated carbocycles. The molecule has 1 aliphatic rings. The number of fused-ring (bicyclic) bond motifs is 1. The van der Waals surface area contributed by atoms with E-state index in [-0.39, 0.29) is 17.7 Å². The third-order valence-corrected chi connectivity index (χ3v) is 6.53. The van der Waals surface area contributed by atoms with Gasteiger partial charge in [0.15, 0.2) is 11.5 Å². The predicted molar refractivity (Wildman–Crippen MR) is 139 cm³/mol. The summed E-state index contributed by atoms with van der Waals surface area (Å²) in [7, 11) is 0. The van der Waals surface area contributed by atoms with Crippen molar-refractivity contribution >= 4 is 29.0 Å². The van der Waals surface area contributed by atoms with Gasteiger partial charge in [-0.3, -0.25) is 9.59 Å². The van der Waals surface area contributed by atoms with Crippen molar-refractivity contribution in [2.24, 2.45) is 5.92 Å². The van der Waals surface area contributed by atoms with Gasteiger partial charge in [-0.25, -0.2) is 9.50 Å². The average molecular weight is 495 g/mol. The lowest BCUT2D eigenvalue weighted by atomic mass is 9.81. The number of ether oxygens (including phenoxy) is 1. The minimum absolute atomic E-state index is 0.0186. The number of benzene rings is 2. The van der Waals surface area contributed by atoms with Gasteiger partial charge in [-0.1, -0.05) is 25.1 Å². The van der Waals surface area contributed by atoms with E-state index in [0.29, 0.717) is 40.8 Å². The van der Waals surface area contributed by atoms with Gasteiger partial charge in [-0.05, 0) is 62.1 Å². The number of aromatic nitrogens is 3. The Kier molecular flexibility index (Phi) is 6.32. The van der Waals surface area contributed by atoms with Crippen LogP contribution in [0.4, 0.5) is 11.5 Å². The summed E-state index contributed by atoms with van der Waals surface area (Å²) in [6, 6.07) is 19.9. The Hall–Kier alpha value is -4.71. The molecule has 186 valence electrons. The maximum absolute atomic E-state index is 12.9. The molecule has 37 heavy (non-hydrogen) atoms. The Morgan fingerprint density at radius 2 is 1.95 bits per heavy atom. The van der Waals surface area contributed by atoms with Gasteiger partial charge in [-0.15, -0.1) is 5.10 Å². The maximum Gasteiger partial charge on any atom is 0.255 e. The first-order valence-electron chi connectivity index (χ1n) is 12.2. The van der Waals surface area contributed by atoms with E-state index in [2.05, 4.69) is 26.8 Å². The average Bonchev–Trinajstić information content (AvgIpc) is 3.69. The molecule has 2 aromatic carbocycles. The molecule has 0 saturated heterocycles. The van der Waals surface area contributed by atoms with Gasteiger partial charge < -0.3 is 15.4 Å². The van der Waals surface area contributed by atoms with Gasteiger partial charge >= 0.3 is 0 Å². The third kappa shape index (κ3) is 5.28. The van der Waals surface area contributed by atoms with Crippen LogP contribution in [0.5, 0.6) is 11.6 Å². The molecule has 1 atom stereocenters. The molecule has 1 unspecified atom stereocenters. The SMILES string of the molecule is CCC(C)(C#N)c1cccc(C(=O)Nc2cccc(Oc3ccc4nc(NC(=O)C5CC5)cn4n3)c2)c1. The zero-order valence-corrected chi connectivity index (χ0v) is 20.6. The van der Waals surface area contributed by atoms with Crippen LogP contribution in [0.1, 0.15) is 49.0 Å². The standard InChI is InChI=1S/C28H26N6O3/c1-3-28(2,17-29)20-7-4-6-19(14-20)27(36)30-21-8-5-9-22(15-21)37-25-13-12-24-31-23(16-34(24)33-25)32-26(35)18-10-11-18/h4-9,12-16,18H,3,10-11H2,1-2H3,(H,30,36)(H,32,35). The lowest BCUT2D eigenvalue weighted by Gasteiger charge is -2.20. The van der Waals surface area contributed by atoms with Gasteiger partial charge in [0.25, 0.3) is 5.91 Å². The second-order valence-corrected chi connectivity index (χ2v) is 9.33. The molecule has 5 rings (SSSR count). The second kappa shape index (κ2) is 9.74. The number of nitriles is 1. The number of imidazole rings is 1. The summed E-state index contributed by atoms with van der Waals surface area (Å²) in [5.74, 6) is 1.05. The lowest BCUT2D eigenvalue weighted by molar-refractivity contribution is -0.117. The summed E-state index contributed by atoms with van der Waals surface area (Å²) >= 11 is 0. The smallest absolute Gasteiger partial charge is 0.255 e. The van der Waals surface area contributed by atoms with Crippen molar-refractivity contribution in [3.8, 4) is 17.7 Å². The van der Waals surface area contributed by atoms with E-state index < -0.39 is 5.41 Å². The van der Waals surface area contributed by atoms with Gasteiger partial charge in [0.2, 0.25) is 11.8 Å². The van der Waals surface area contributed by atoms with Crippen LogP contribution in [-0.4, -0.2) is 26.4 Å². The van der Waals surface area contributed by atoms with Crippen LogP contribution in [0.25, 0.3) is 5.65 Å². The molecule has 2 amide bonds. The monoisotopic (exact) mass is 494 g/mol. The molecule has 0 spiro atoms. The van der Waals surface area contributed by atoms with Gasteiger partial charge in [-0.2, -0.15) is 5.26 Å². The molecule has 2 N–H and O–H groups in total. The van der Waals surface area contributed by atoms with Crippen LogP contribution in [0, 0.1) is 17.2 Å². The van der Waals surface area contributed by atoms with Crippen molar-refractivity contribution < 1.29 is 14.3 Å². The molecule has 0 bridgehead atoms. The van der Waals surface area contributed by atoms with Crippen molar-refractivity contribution in [1.29, 1.82) is 5.26 Å². The normalized spacial score (nSPS) is 14.4. The van der Waals surface area contributed by atoms with E-state index in [1.54, 1.807) is 65.3 Å². The topological polar surface area (TPSA) is 121 Å². The van der Waals surface area contributed by atoms with E-state index >= 15 is 0 Å². The summed E-state index contributed by atoms with van der Waals surface area (Å²) < 4.78 is 7.45. The third-order valence-electron chi connectivity index (χ3n) is 6.53. The Bertz CT molecular complexity index is 1530. The van der Waals surface area contributed by atoms with Crippen LogP contribution < -0.4 is 15.4 Å². The highest BCUT2D eigenvalue weighted by Gasteiger charge is 2.30. The number of nitrogens with one attached hydrogen (secondary N) is 2. The Balaban J connectivity index is 1.28. The van der Waals surface area contributed by atoms with Crippen LogP contribution in [0.15, 0.2) is 66.9 Å². The van der Waals surface area contributed by atoms with Crippen molar-refractivity contribution in [2.45, 2.75) is 38.5 Å².